The average molecular weight is 729 g/mol. The standard InChI is InChI=1S/C31H36O20/c1-12(32)41-21-23(43-14(3)34)28(46-17(6)37)50-30(24(21)44-15(4)35)48-26-22(42-13(2)33)25(45-16(5)36)31(51-29(26)47-18(7)38)49-27(40)19-10-8-9-11-20(19)39/h8-11,21-26,28-31,39H,1-7H3/t21-,22+,23+,24+,25+,26-,28-,29-,30+,31+/m0/s1. The van der Waals surface area contributed by atoms with Crippen LogP contribution in [-0.2, 0) is 85.7 Å². The maximum atomic E-state index is 13.1. The molecule has 0 amide bonds. The number of carbonyl (C=O) groups excluding carboxylic acids is 8. The van der Waals surface area contributed by atoms with Gasteiger partial charge in [0.25, 0.3) is 0 Å². The Kier molecular flexibility index (Phi) is 13.8. The minimum atomic E-state index is -2.03. The third-order valence-electron chi connectivity index (χ3n) is 6.62. The van der Waals surface area contributed by atoms with E-state index in [-0.39, 0.29) is 5.56 Å². The molecule has 0 radical (unpaired) electrons. The number of para-hydroxylation sites is 1. The second-order valence-corrected chi connectivity index (χ2v) is 10.9. The second-order valence-electron chi connectivity index (χ2n) is 10.9. The van der Waals surface area contributed by atoms with Crippen molar-refractivity contribution in [2.75, 3.05) is 0 Å². The molecule has 0 saturated carbocycles. The molecule has 2 heterocycles. The van der Waals surface area contributed by atoms with E-state index < -0.39 is 115 Å². The van der Waals surface area contributed by atoms with Gasteiger partial charge in [0.1, 0.15) is 11.3 Å². The highest BCUT2D eigenvalue weighted by molar-refractivity contribution is 5.92. The number of phenolic OH excluding ortho intramolecular Hbond substituents is 1. The zero-order chi connectivity index (χ0) is 38.2. The Labute approximate surface area is 289 Å². The van der Waals surface area contributed by atoms with Crippen molar-refractivity contribution in [1.82, 2.24) is 0 Å². The van der Waals surface area contributed by atoms with E-state index >= 15 is 0 Å². The fourth-order valence-corrected chi connectivity index (χ4v) is 4.99. The third-order valence-corrected chi connectivity index (χ3v) is 6.62. The first-order chi connectivity index (χ1) is 23.9. The number of hydrogen-bond acceptors (Lipinski definition) is 20. The molecule has 1 aromatic carbocycles. The summed E-state index contributed by atoms with van der Waals surface area (Å²) in [6, 6.07) is 5.19. The summed E-state index contributed by atoms with van der Waals surface area (Å²) in [6.45, 7) is 6.69. The molecular formula is C31H36O20. The van der Waals surface area contributed by atoms with Gasteiger partial charge in [0.05, 0.1) is 0 Å². The molecule has 2 aliphatic rings. The summed E-state index contributed by atoms with van der Waals surface area (Å²) < 4.78 is 60.0. The highest BCUT2D eigenvalue weighted by Crippen LogP contribution is 2.36. The molecule has 2 fully saturated rings. The monoisotopic (exact) mass is 728 g/mol. The topological polar surface area (TPSA) is 258 Å². The van der Waals surface area contributed by atoms with Crippen LogP contribution in [0.5, 0.6) is 5.75 Å². The van der Waals surface area contributed by atoms with E-state index in [1.54, 1.807) is 0 Å². The normalized spacial score (nSPS) is 28.5. The van der Waals surface area contributed by atoms with E-state index in [9.17, 15) is 43.5 Å². The second kappa shape index (κ2) is 17.5. The van der Waals surface area contributed by atoms with E-state index in [0.29, 0.717) is 0 Å². The zero-order valence-corrected chi connectivity index (χ0v) is 28.3. The molecule has 10 atom stereocenters. The van der Waals surface area contributed by atoms with Gasteiger partial charge in [-0.1, -0.05) is 12.1 Å². The highest BCUT2D eigenvalue weighted by atomic mass is 16.8. The van der Waals surface area contributed by atoms with E-state index in [1.807, 2.05) is 0 Å². The number of carbonyl (C=O) groups is 8. The molecule has 51 heavy (non-hydrogen) atoms. The molecule has 280 valence electrons. The largest absolute Gasteiger partial charge is 0.507 e. The van der Waals surface area contributed by atoms with Gasteiger partial charge in [-0.2, -0.15) is 0 Å². The third kappa shape index (κ3) is 11.1. The lowest BCUT2D eigenvalue weighted by Gasteiger charge is -2.47. The molecule has 0 aromatic heterocycles. The summed E-state index contributed by atoms with van der Waals surface area (Å²) in [7, 11) is 0. The fourth-order valence-electron chi connectivity index (χ4n) is 4.99. The fraction of sp³-hybridized carbons (Fsp3) is 0.548. The lowest BCUT2D eigenvalue weighted by Crippen LogP contribution is -2.67. The lowest BCUT2D eigenvalue weighted by molar-refractivity contribution is -0.392. The molecule has 0 unspecified atom stereocenters. The lowest BCUT2D eigenvalue weighted by atomic mass is 10.0. The molecule has 2 aliphatic heterocycles. The van der Waals surface area contributed by atoms with Crippen LogP contribution >= 0.6 is 0 Å². The summed E-state index contributed by atoms with van der Waals surface area (Å²) in [5, 5.41) is 10.2. The van der Waals surface area contributed by atoms with Crippen LogP contribution in [-0.4, -0.2) is 115 Å². The molecule has 0 spiro atoms. The van der Waals surface area contributed by atoms with Gasteiger partial charge in [0.15, 0.2) is 24.4 Å². The minimum Gasteiger partial charge on any atom is -0.507 e. The molecule has 2 saturated heterocycles. The highest BCUT2D eigenvalue weighted by Gasteiger charge is 2.59. The van der Waals surface area contributed by atoms with Crippen LogP contribution in [0.25, 0.3) is 0 Å². The molecule has 0 aliphatic carbocycles. The van der Waals surface area contributed by atoms with E-state index in [1.165, 1.54) is 24.3 Å². The van der Waals surface area contributed by atoms with Crippen molar-refractivity contribution in [3.8, 4) is 5.75 Å². The molecule has 1 aromatic rings. The average Bonchev–Trinajstić information content (AvgIpc) is 2.98. The first kappa shape index (κ1) is 40.1. The number of phenols is 1. The molecule has 20 nitrogen and oxygen atoms in total. The van der Waals surface area contributed by atoms with Crippen LogP contribution in [0.1, 0.15) is 58.8 Å². The van der Waals surface area contributed by atoms with Crippen molar-refractivity contribution in [2.24, 2.45) is 0 Å². The molecular weight excluding hydrogens is 692 g/mol. The number of esters is 8. The van der Waals surface area contributed by atoms with Crippen molar-refractivity contribution < 1.29 is 95.6 Å². The van der Waals surface area contributed by atoms with E-state index in [2.05, 4.69) is 0 Å². The number of benzene rings is 1. The predicted octanol–water partition coefficient (Wildman–Crippen LogP) is 0.0837. The quantitative estimate of drug-likeness (QED) is 0.234. The Morgan fingerprint density at radius 3 is 1.22 bits per heavy atom. The summed E-state index contributed by atoms with van der Waals surface area (Å²) in [6.07, 6.45) is -19.1. The van der Waals surface area contributed by atoms with E-state index in [4.69, 9.17) is 52.1 Å². The summed E-state index contributed by atoms with van der Waals surface area (Å²) in [4.78, 5) is 98.7. The van der Waals surface area contributed by atoms with Gasteiger partial charge in [-0.25, -0.2) is 4.79 Å². The van der Waals surface area contributed by atoms with Gasteiger partial charge in [-0.3, -0.25) is 38.3 Å². The zero-order valence-electron chi connectivity index (χ0n) is 28.3. The summed E-state index contributed by atoms with van der Waals surface area (Å²) in [5.41, 5.74) is -0.357. The molecule has 20 heteroatoms. The Morgan fingerprint density at radius 1 is 0.451 bits per heavy atom. The van der Waals surface area contributed by atoms with Crippen LogP contribution < -0.4 is 0 Å². The van der Waals surface area contributed by atoms with Crippen LogP contribution in [0.15, 0.2) is 24.3 Å². The van der Waals surface area contributed by atoms with Crippen LogP contribution in [0.3, 0.4) is 0 Å². The van der Waals surface area contributed by atoms with Gasteiger partial charge < -0.3 is 52.5 Å². The van der Waals surface area contributed by atoms with E-state index in [0.717, 1.165) is 48.5 Å². The number of ether oxygens (including phenoxy) is 11. The summed E-state index contributed by atoms with van der Waals surface area (Å²) in [5.74, 6) is -8.74. The predicted molar refractivity (Wildman–Crippen MR) is 157 cm³/mol. The van der Waals surface area contributed by atoms with Crippen molar-refractivity contribution in [1.29, 1.82) is 0 Å². The molecule has 0 bridgehead atoms. The van der Waals surface area contributed by atoms with Crippen molar-refractivity contribution in [2.45, 2.75) is 110 Å². The van der Waals surface area contributed by atoms with Crippen molar-refractivity contribution in [3.63, 3.8) is 0 Å². The number of aromatic hydroxyl groups is 1. The van der Waals surface area contributed by atoms with Gasteiger partial charge in [-0.15, -0.1) is 0 Å². The SMILES string of the molecule is CC(=O)O[C@H]1O[C@@H](OC(=O)c2ccccc2O)[C@H](OC(C)=O)[C@@H](OC(C)=O)[C@@H]1O[C@@H]1O[C@H](OC(C)=O)[C@H](OC(C)=O)[C@H](OC(C)=O)[C@H]1OC(C)=O. The number of hydrogen-bond donors (Lipinski definition) is 1. The van der Waals surface area contributed by atoms with Gasteiger partial charge in [0, 0.05) is 48.5 Å². The minimum absolute atomic E-state index is 0.357. The van der Waals surface area contributed by atoms with Gasteiger partial charge in [0.2, 0.25) is 37.4 Å². The Balaban J connectivity index is 2.16. The molecule has 3 rings (SSSR count). The maximum absolute atomic E-state index is 13.1. The van der Waals surface area contributed by atoms with Crippen molar-refractivity contribution in [3.05, 3.63) is 29.8 Å². The van der Waals surface area contributed by atoms with Crippen LogP contribution in [0.2, 0.25) is 0 Å². The van der Waals surface area contributed by atoms with Gasteiger partial charge >= 0.3 is 47.8 Å². The maximum Gasteiger partial charge on any atom is 0.344 e. The van der Waals surface area contributed by atoms with Crippen molar-refractivity contribution >= 4 is 47.8 Å². The molecule has 1 N–H and O–H groups in total. The number of rotatable bonds is 11. The van der Waals surface area contributed by atoms with Crippen LogP contribution in [0.4, 0.5) is 0 Å². The smallest absolute Gasteiger partial charge is 0.344 e. The Bertz CT molecular complexity index is 1510. The summed E-state index contributed by atoms with van der Waals surface area (Å²) >= 11 is 0. The Morgan fingerprint density at radius 2 is 0.784 bits per heavy atom. The first-order valence-electron chi connectivity index (χ1n) is 15.0. The van der Waals surface area contributed by atoms with Crippen LogP contribution in [0, 0.1) is 0 Å². The Hall–Kier alpha value is -5.34. The first-order valence-corrected chi connectivity index (χ1v) is 15.0. The van der Waals surface area contributed by atoms with Gasteiger partial charge in [-0.05, 0) is 12.1 Å².